The molecule has 1 fully saturated rings. The van der Waals surface area contributed by atoms with Crippen LogP contribution in [-0.2, 0) is 6.54 Å². The summed E-state index contributed by atoms with van der Waals surface area (Å²) in [6, 6.07) is 11.1. The van der Waals surface area contributed by atoms with E-state index in [0.29, 0.717) is 18.3 Å². The van der Waals surface area contributed by atoms with E-state index in [4.69, 9.17) is 17.3 Å². The molecule has 3 N–H and O–H groups in total. The summed E-state index contributed by atoms with van der Waals surface area (Å²) < 4.78 is 4.22. The van der Waals surface area contributed by atoms with E-state index in [1.807, 2.05) is 40.9 Å². The Morgan fingerprint density at radius 1 is 1.25 bits per heavy atom. The average Bonchev–Trinajstić information content (AvgIpc) is 3.37. The highest BCUT2D eigenvalue weighted by Crippen LogP contribution is 2.42. The zero-order chi connectivity index (χ0) is 19.3. The van der Waals surface area contributed by atoms with Crippen molar-refractivity contribution < 1.29 is 0 Å². The van der Waals surface area contributed by atoms with Crippen LogP contribution < -0.4 is 16.6 Å². The zero-order valence-corrected chi connectivity index (χ0v) is 16.5. The van der Waals surface area contributed by atoms with E-state index in [9.17, 15) is 4.79 Å². The van der Waals surface area contributed by atoms with Gasteiger partial charge in [-0.25, -0.2) is 4.98 Å². The molecular weight excluding hydrogens is 394 g/mol. The van der Waals surface area contributed by atoms with Gasteiger partial charge in [0.1, 0.15) is 11.5 Å². The van der Waals surface area contributed by atoms with E-state index >= 15 is 0 Å². The molecule has 0 saturated heterocycles. The molecule has 1 saturated carbocycles. The van der Waals surface area contributed by atoms with Crippen molar-refractivity contribution >= 4 is 40.1 Å². The van der Waals surface area contributed by atoms with Crippen LogP contribution in [0.5, 0.6) is 0 Å². The van der Waals surface area contributed by atoms with E-state index < -0.39 is 0 Å². The van der Waals surface area contributed by atoms with Gasteiger partial charge in [0.25, 0.3) is 5.56 Å². The van der Waals surface area contributed by atoms with Crippen molar-refractivity contribution in [1.29, 1.82) is 0 Å². The van der Waals surface area contributed by atoms with Gasteiger partial charge in [-0.3, -0.25) is 13.8 Å². The quantitative estimate of drug-likeness (QED) is 0.514. The number of fused-ring (bicyclic) bond motifs is 1. The summed E-state index contributed by atoms with van der Waals surface area (Å²) in [6.45, 7) is 0.627. The molecule has 0 radical (unpaired) electrons. The van der Waals surface area contributed by atoms with Crippen LogP contribution in [0.4, 0.5) is 11.5 Å². The first-order chi connectivity index (χ1) is 13.6. The van der Waals surface area contributed by atoms with E-state index in [0.717, 1.165) is 44.8 Å². The van der Waals surface area contributed by atoms with Crippen LogP contribution in [0.2, 0.25) is 4.34 Å². The Kier molecular flexibility index (Phi) is 4.14. The fourth-order valence-corrected chi connectivity index (χ4v) is 4.33. The van der Waals surface area contributed by atoms with E-state index in [1.54, 1.807) is 16.8 Å². The number of hydrogen-bond donors (Lipinski definition) is 2. The first kappa shape index (κ1) is 17.3. The number of nitrogen functional groups attached to an aromatic ring is 1. The van der Waals surface area contributed by atoms with Crippen molar-refractivity contribution in [3.8, 4) is 5.69 Å². The Morgan fingerprint density at radius 2 is 2.11 bits per heavy atom. The molecule has 1 aliphatic carbocycles. The second-order valence-electron chi connectivity index (χ2n) is 6.96. The van der Waals surface area contributed by atoms with Gasteiger partial charge in [-0.15, -0.1) is 11.3 Å². The number of nitrogens with one attached hydrogen (secondary N) is 1. The molecule has 4 aromatic heterocycles. The highest BCUT2D eigenvalue weighted by atomic mass is 35.5. The minimum atomic E-state index is -0.116. The smallest absolute Gasteiger partial charge is 0.257 e. The number of nitrogens with two attached hydrogens (primary N) is 1. The standard InChI is InChI=1S/C20H18ClN5OS/c21-16-5-4-15(28-16)10-23-13-7-8-25(18(27)9-13)14-3-6-17-24-19(12-1-2-12)20(22)26(17)11-14/h3-9,11-12,23H,1-2,10,22H2. The van der Waals surface area contributed by atoms with Crippen molar-refractivity contribution in [2.24, 2.45) is 0 Å². The van der Waals surface area contributed by atoms with Gasteiger partial charge in [0.2, 0.25) is 0 Å². The normalized spacial score (nSPS) is 13.9. The molecule has 1 aliphatic rings. The van der Waals surface area contributed by atoms with Crippen LogP contribution in [0.25, 0.3) is 11.3 Å². The average molecular weight is 412 g/mol. The number of anilines is 2. The lowest BCUT2D eigenvalue weighted by molar-refractivity contribution is 0.968. The first-order valence-electron chi connectivity index (χ1n) is 9.07. The molecule has 28 heavy (non-hydrogen) atoms. The Hall–Kier alpha value is -2.77. The molecule has 0 bridgehead atoms. The number of hydrogen-bond acceptors (Lipinski definition) is 5. The molecule has 6 nitrogen and oxygen atoms in total. The molecule has 0 aromatic carbocycles. The molecule has 0 unspecified atom stereocenters. The van der Waals surface area contributed by atoms with Gasteiger partial charge in [0.05, 0.1) is 15.7 Å². The van der Waals surface area contributed by atoms with Crippen molar-refractivity contribution in [3.05, 3.63) is 74.1 Å². The van der Waals surface area contributed by atoms with Crippen molar-refractivity contribution in [2.45, 2.75) is 25.3 Å². The van der Waals surface area contributed by atoms with Gasteiger partial charge >= 0.3 is 0 Å². The molecular formula is C20H18ClN5OS. The lowest BCUT2D eigenvalue weighted by atomic mass is 10.3. The number of rotatable bonds is 5. The first-order valence-corrected chi connectivity index (χ1v) is 10.3. The number of pyridine rings is 2. The number of halogens is 1. The molecule has 4 aromatic rings. The largest absolute Gasteiger partial charge is 0.383 e. The molecule has 0 spiro atoms. The summed E-state index contributed by atoms with van der Waals surface area (Å²) in [5.41, 5.74) is 9.46. The van der Waals surface area contributed by atoms with Crippen molar-refractivity contribution in [1.82, 2.24) is 14.0 Å². The summed E-state index contributed by atoms with van der Waals surface area (Å²) in [4.78, 5) is 18.4. The Labute approximate surface area is 170 Å². The van der Waals surface area contributed by atoms with Crippen LogP contribution in [0.3, 0.4) is 0 Å². The fraction of sp³-hybridized carbons (Fsp3) is 0.200. The van der Waals surface area contributed by atoms with E-state index in [1.165, 1.54) is 11.3 Å². The van der Waals surface area contributed by atoms with Crippen LogP contribution in [0, 0.1) is 0 Å². The summed E-state index contributed by atoms with van der Waals surface area (Å²) in [7, 11) is 0. The van der Waals surface area contributed by atoms with Gasteiger partial charge < -0.3 is 11.1 Å². The van der Waals surface area contributed by atoms with E-state index in [-0.39, 0.29) is 5.56 Å². The number of thiophene rings is 1. The molecule has 0 aliphatic heterocycles. The Morgan fingerprint density at radius 3 is 2.82 bits per heavy atom. The molecule has 8 heteroatoms. The SMILES string of the molecule is Nc1c(C2CC2)nc2ccc(-n3ccc(NCc4ccc(Cl)s4)cc3=O)cn12. The lowest BCUT2D eigenvalue weighted by Crippen LogP contribution is -2.17. The third kappa shape index (κ3) is 3.16. The third-order valence-electron chi connectivity index (χ3n) is 4.93. The van der Waals surface area contributed by atoms with E-state index in [2.05, 4.69) is 10.3 Å². The molecule has 0 atom stereocenters. The zero-order valence-electron chi connectivity index (χ0n) is 14.9. The summed E-state index contributed by atoms with van der Waals surface area (Å²) in [5.74, 6) is 1.15. The highest BCUT2D eigenvalue weighted by molar-refractivity contribution is 7.16. The molecule has 5 rings (SSSR count). The molecule has 4 heterocycles. The van der Waals surface area contributed by atoms with Gasteiger partial charge in [0.15, 0.2) is 0 Å². The highest BCUT2D eigenvalue weighted by Gasteiger charge is 2.29. The number of aromatic nitrogens is 3. The molecule has 0 amide bonds. The topological polar surface area (TPSA) is 77.3 Å². The summed E-state index contributed by atoms with van der Waals surface area (Å²) in [5, 5.41) is 3.26. The second kappa shape index (κ2) is 6.68. The maximum absolute atomic E-state index is 12.6. The fourth-order valence-electron chi connectivity index (χ4n) is 3.31. The summed E-state index contributed by atoms with van der Waals surface area (Å²) >= 11 is 7.47. The van der Waals surface area contributed by atoms with Crippen LogP contribution in [-0.4, -0.2) is 14.0 Å². The monoisotopic (exact) mass is 411 g/mol. The molecule has 142 valence electrons. The maximum atomic E-state index is 12.6. The van der Waals surface area contributed by atoms with Crippen LogP contribution >= 0.6 is 22.9 Å². The number of nitrogens with zero attached hydrogens (tertiary/aromatic N) is 3. The van der Waals surface area contributed by atoms with Gasteiger partial charge in [0, 0.05) is 41.5 Å². The minimum Gasteiger partial charge on any atom is -0.383 e. The maximum Gasteiger partial charge on any atom is 0.257 e. The van der Waals surface area contributed by atoms with Crippen LogP contribution in [0.1, 0.15) is 29.3 Å². The number of imidazole rings is 1. The lowest BCUT2D eigenvalue weighted by Gasteiger charge is -2.09. The second-order valence-corrected chi connectivity index (χ2v) is 8.75. The van der Waals surface area contributed by atoms with Gasteiger partial charge in [-0.2, -0.15) is 0 Å². The van der Waals surface area contributed by atoms with Crippen molar-refractivity contribution in [2.75, 3.05) is 11.1 Å². The summed E-state index contributed by atoms with van der Waals surface area (Å²) in [6.07, 6.45) is 5.92. The van der Waals surface area contributed by atoms with Crippen molar-refractivity contribution in [3.63, 3.8) is 0 Å². The van der Waals surface area contributed by atoms with Gasteiger partial charge in [-0.05, 0) is 43.2 Å². The predicted octanol–water partition coefficient (Wildman–Crippen LogP) is 4.27. The third-order valence-corrected chi connectivity index (χ3v) is 6.16. The van der Waals surface area contributed by atoms with Crippen LogP contribution in [0.15, 0.2) is 53.6 Å². The van der Waals surface area contributed by atoms with Gasteiger partial charge in [-0.1, -0.05) is 11.6 Å². The Balaban J connectivity index is 1.42. The minimum absolute atomic E-state index is 0.116. The predicted molar refractivity (Wildman–Crippen MR) is 114 cm³/mol. The Bertz CT molecular complexity index is 1240.